The summed E-state index contributed by atoms with van der Waals surface area (Å²) in [6.45, 7) is 1.16. The van der Waals surface area contributed by atoms with E-state index in [4.69, 9.17) is 0 Å². The summed E-state index contributed by atoms with van der Waals surface area (Å²) in [6.07, 6.45) is 8.80. The van der Waals surface area contributed by atoms with Gasteiger partial charge in [0, 0.05) is 12.2 Å². The van der Waals surface area contributed by atoms with Gasteiger partial charge in [0.15, 0.2) is 0 Å². The molecule has 2 heterocycles. The molecule has 1 unspecified atom stereocenters. The Hall–Kier alpha value is -0.760. The first-order valence-corrected chi connectivity index (χ1v) is 3.82. The Morgan fingerprint density at radius 3 is 3.40 bits per heavy atom. The SMILES string of the molecule is C1=CC2NCCCC2=CN1. The van der Waals surface area contributed by atoms with Gasteiger partial charge in [-0.05, 0) is 37.2 Å². The van der Waals surface area contributed by atoms with Crippen LogP contribution < -0.4 is 10.6 Å². The predicted octanol–water partition coefficient (Wildman–Crippen LogP) is 0.739. The maximum atomic E-state index is 3.43. The lowest BCUT2D eigenvalue weighted by Gasteiger charge is -2.26. The average Bonchev–Trinajstić information content (AvgIpc) is 2.05. The quantitative estimate of drug-likeness (QED) is 0.513. The molecule has 0 saturated carbocycles. The Morgan fingerprint density at radius 2 is 2.50 bits per heavy atom. The van der Waals surface area contributed by atoms with Crippen molar-refractivity contribution in [1.82, 2.24) is 10.6 Å². The van der Waals surface area contributed by atoms with E-state index in [0.717, 1.165) is 6.54 Å². The van der Waals surface area contributed by atoms with E-state index in [-0.39, 0.29) is 0 Å². The molecule has 0 aliphatic carbocycles. The second kappa shape index (κ2) is 2.46. The van der Waals surface area contributed by atoms with Crippen molar-refractivity contribution in [1.29, 1.82) is 0 Å². The standard InChI is InChI=1S/C8H12N2/c1-2-7-6-9-5-3-8(7)10-4-1/h3,5-6,8-10H,1-2,4H2. The molecule has 10 heavy (non-hydrogen) atoms. The van der Waals surface area contributed by atoms with Gasteiger partial charge < -0.3 is 10.6 Å². The summed E-state index contributed by atoms with van der Waals surface area (Å²) in [4.78, 5) is 0. The zero-order chi connectivity index (χ0) is 6.81. The van der Waals surface area contributed by atoms with Gasteiger partial charge in [0.05, 0.1) is 0 Å². The highest BCUT2D eigenvalue weighted by molar-refractivity contribution is 5.23. The van der Waals surface area contributed by atoms with Crippen molar-refractivity contribution in [2.24, 2.45) is 0 Å². The van der Waals surface area contributed by atoms with E-state index in [1.165, 1.54) is 18.4 Å². The van der Waals surface area contributed by atoms with Crippen LogP contribution in [0.15, 0.2) is 24.0 Å². The van der Waals surface area contributed by atoms with E-state index in [2.05, 4.69) is 22.9 Å². The van der Waals surface area contributed by atoms with Crippen LogP contribution in [0.1, 0.15) is 12.8 Å². The Labute approximate surface area is 61.0 Å². The van der Waals surface area contributed by atoms with Crippen LogP contribution in [0.3, 0.4) is 0 Å². The molecular formula is C8H12N2. The fraction of sp³-hybridized carbons (Fsp3) is 0.500. The molecule has 0 aromatic carbocycles. The lowest BCUT2D eigenvalue weighted by molar-refractivity contribution is 0.538. The van der Waals surface area contributed by atoms with Crippen molar-refractivity contribution in [3.05, 3.63) is 24.0 Å². The van der Waals surface area contributed by atoms with E-state index in [1.54, 1.807) is 0 Å². The number of hydrogen-bond donors (Lipinski definition) is 2. The average molecular weight is 136 g/mol. The smallest absolute Gasteiger partial charge is 0.0499 e. The van der Waals surface area contributed by atoms with E-state index >= 15 is 0 Å². The summed E-state index contributed by atoms with van der Waals surface area (Å²) < 4.78 is 0. The number of fused-ring (bicyclic) bond motifs is 1. The Bertz CT molecular complexity index is 182. The van der Waals surface area contributed by atoms with E-state index < -0.39 is 0 Å². The van der Waals surface area contributed by atoms with Crippen LogP contribution >= 0.6 is 0 Å². The van der Waals surface area contributed by atoms with Crippen LogP contribution in [0.25, 0.3) is 0 Å². The summed E-state index contributed by atoms with van der Waals surface area (Å²) in [5, 5.41) is 6.53. The number of piperidine rings is 1. The molecular weight excluding hydrogens is 124 g/mol. The zero-order valence-corrected chi connectivity index (χ0v) is 5.93. The Balaban J connectivity index is 2.13. The van der Waals surface area contributed by atoms with Crippen molar-refractivity contribution in [3.8, 4) is 0 Å². The summed E-state index contributed by atoms with van der Waals surface area (Å²) in [6, 6.07) is 0.523. The molecule has 0 radical (unpaired) electrons. The topological polar surface area (TPSA) is 24.1 Å². The van der Waals surface area contributed by atoms with Crippen LogP contribution in [0.5, 0.6) is 0 Å². The minimum absolute atomic E-state index is 0.523. The van der Waals surface area contributed by atoms with Crippen LogP contribution in [0.2, 0.25) is 0 Å². The lowest BCUT2D eigenvalue weighted by atomic mass is 9.97. The number of dihydropyridines is 1. The van der Waals surface area contributed by atoms with Crippen LogP contribution in [-0.4, -0.2) is 12.6 Å². The number of nitrogens with one attached hydrogen (secondary N) is 2. The molecule has 1 saturated heterocycles. The van der Waals surface area contributed by atoms with E-state index in [9.17, 15) is 0 Å². The van der Waals surface area contributed by atoms with Gasteiger partial charge in [-0.25, -0.2) is 0 Å². The first-order valence-electron chi connectivity index (χ1n) is 3.82. The first-order chi connectivity index (χ1) is 4.97. The summed E-state index contributed by atoms with van der Waals surface area (Å²) in [5.41, 5.74) is 1.49. The largest absolute Gasteiger partial charge is 0.368 e. The molecule has 2 aliphatic heterocycles. The number of hydrogen-bond acceptors (Lipinski definition) is 2. The van der Waals surface area contributed by atoms with Crippen molar-refractivity contribution < 1.29 is 0 Å². The third kappa shape index (κ3) is 0.948. The summed E-state index contributed by atoms with van der Waals surface area (Å²) >= 11 is 0. The van der Waals surface area contributed by atoms with Gasteiger partial charge in [-0.15, -0.1) is 0 Å². The van der Waals surface area contributed by atoms with Crippen molar-refractivity contribution in [3.63, 3.8) is 0 Å². The van der Waals surface area contributed by atoms with Crippen LogP contribution in [0, 0.1) is 0 Å². The van der Waals surface area contributed by atoms with E-state index in [0.29, 0.717) is 6.04 Å². The van der Waals surface area contributed by atoms with E-state index in [1.807, 2.05) is 6.20 Å². The molecule has 1 atom stereocenters. The fourth-order valence-electron chi connectivity index (χ4n) is 1.50. The van der Waals surface area contributed by atoms with Gasteiger partial charge in [-0.2, -0.15) is 0 Å². The third-order valence-corrected chi connectivity index (χ3v) is 2.06. The highest BCUT2D eigenvalue weighted by atomic mass is 14.9. The number of rotatable bonds is 0. The molecule has 0 bridgehead atoms. The van der Waals surface area contributed by atoms with Crippen molar-refractivity contribution in [2.75, 3.05) is 6.54 Å². The third-order valence-electron chi connectivity index (χ3n) is 2.06. The van der Waals surface area contributed by atoms with Gasteiger partial charge in [0.2, 0.25) is 0 Å². The van der Waals surface area contributed by atoms with Gasteiger partial charge in [-0.3, -0.25) is 0 Å². The molecule has 0 spiro atoms. The molecule has 2 aliphatic rings. The second-order valence-corrected chi connectivity index (χ2v) is 2.78. The van der Waals surface area contributed by atoms with Crippen LogP contribution in [-0.2, 0) is 0 Å². The minimum Gasteiger partial charge on any atom is -0.368 e. The fourth-order valence-corrected chi connectivity index (χ4v) is 1.50. The summed E-state index contributed by atoms with van der Waals surface area (Å²) in [7, 11) is 0. The molecule has 0 aromatic rings. The molecule has 54 valence electrons. The molecule has 1 fully saturated rings. The zero-order valence-electron chi connectivity index (χ0n) is 5.93. The second-order valence-electron chi connectivity index (χ2n) is 2.78. The maximum absolute atomic E-state index is 3.43. The highest BCUT2D eigenvalue weighted by Crippen LogP contribution is 2.16. The predicted molar refractivity (Wildman–Crippen MR) is 41.4 cm³/mol. The van der Waals surface area contributed by atoms with Gasteiger partial charge in [0.25, 0.3) is 0 Å². The van der Waals surface area contributed by atoms with Gasteiger partial charge >= 0.3 is 0 Å². The lowest BCUT2D eigenvalue weighted by Crippen LogP contribution is -2.36. The maximum Gasteiger partial charge on any atom is 0.0499 e. The minimum atomic E-state index is 0.523. The Morgan fingerprint density at radius 1 is 1.50 bits per heavy atom. The first kappa shape index (κ1) is 5.98. The van der Waals surface area contributed by atoms with Gasteiger partial charge in [0.1, 0.15) is 0 Å². The van der Waals surface area contributed by atoms with Crippen molar-refractivity contribution in [2.45, 2.75) is 18.9 Å². The molecule has 2 nitrogen and oxygen atoms in total. The normalized spacial score (nSPS) is 30.4. The molecule has 0 amide bonds. The molecule has 2 N–H and O–H groups in total. The molecule has 2 heteroatoms. The summed E-state index contributed by atoms with van der Waals surface area (Å²) in [5.74, 6) is 0. The van der Waals surface area contributed by atoms with Crippen molar-refractivity contribution >= 4 is 0 Å². The molecule has 0 aromatic heterocycles. The highest BCUT2D eigenvalue weighted by Gasteiger charge is 2.16. The Kier molecular flexibility index (Phi) is 1.47. The molecule has 2 rings (SSSR count). The van der Waals surface area contributed by atoms with Crippen LogP contribution in [0.4, 0.5) is 0 Å². The monoisotopic (exact) mass is 136 g/mol. The van der Waals surface area contributed by atoms with Gasteiger partial charge in [-0.1, -0.05) is 0 Å².